The van der Waals surface area contributed by atoms with Crippen LogP contribution in [0.15, 0.2) is 24.3 Å². The topological polar surface area (TPSA) is 53.4 Å². The summed E-state index contributed by atoms with van der Waals surface area (Å²) in [7, 11) is 4.08. The molecule has 0 bridgehead atoms. The molecule has 6 heteroatoms. The normalized spacial score (nSPS) is 14.2. The van der Waals surface area contributed by atoms with Crippen molar-refractivity contribution in [3.05, 3.63) is 30.1 Å². The van der Waals surface area contributed by atoms with E-state index < -0.39 is 0 Å². The number of benzene rings is 1. The molecule has 1 N–H and O–H groups in total. The van der Waals surface area contributed by atoms with Crippen molar-refractivity contribution in [2.45, 2.75) is 53.2 Å². The molecule has 0 unspecified atom stereocenters. The summed E-state index contributed by atoms with van der Waals surface area (Å²) in [6, 6.07) is 8.47. The van der Waals surface area contributed by atoms with Gasteiger partial charge < -0.3 is 19.7 Å². The summed E-state index contributed by atoms with van der Waals surface area (Å²) in [4.78, 5) is 21.4. The van der Waals surface area contributed by atoms with Crippen LogP contribution in [0.4, 0.5) is 11.5 Å². The van der Waals surface area contributed by atoms with Gasteiger partial charge in [0, 0.05) is 49.9 Å². The number of nitrogens with zero attached hydrogens (tertiary/aromatic N) is 4. The van der Waals surface area contributed by atoms with E-state index in [4.69, 9.17) is 4.98 Å². The lowest BCUT2D eigenvalue weighted by atomic mass is 10.1. The molecule has 0 radical (unpaired) electrons. The average molecular weight is 384 g/mol. The van der Waals surface area contributed by atoms with Gasteiger partial charge in [0.15, 0.2) is 0 Å². The SMILES string of the molecule is CC(C)C(=O)N1CCn2c(nc(-c3ccc(N(C)C)cc3)c2NC(C)(C)C)C1. The predicted octanol–water partition coefficient (Wildman–Crippen LogP) is 3.82. The van der Waals surface area contributed by atoms with E-state index in [1.807, 2.05) is 32.8 Å². The van der Waals surface area contributed by atoms with Crippen molar-refractivity contribution in [3.63, 3.8) is 0 Å². The number of hydrogen-bond donors (Lipinski definition) is 1. The number of carbonyl (C=O) groups excluding carboxylic acids is 1. The second-order valence-electron chi connectivity index (χ2n) is 9.11. The lowest BCUT2D eigenvalue weighted by Crippen LogP contribution is -2.41. The molecule has 152 valence electrons. The Morgan fingerprint density at radius 1 is 1.14 bits per heavy atom. The molecule has 2 aromatic rings. The van der Waals surface area contributed by atoms with Crippen LogP contribution in [0.1, 0.15) is 40.4 Å². The number of hydrogen-bond acceptors (Lipinski definition) is 4. The van der Waals surface area contributed by atoms with Gasteiger partial charge in [-0.15, -0.1) is 0 Å². The average Bonchev–Trinajstić information content (AvgIpc) is 2.97. The first-order chi connectivity index (χ1) is 13.1. The lowest BCUT2D eigenvalue weighted by molar-refractivity contribution is -0.136. The maximum Gasteiger partial charge on any atom is 0.225 e. The van der Waals surface area contributed by atoms with Crippen LogP contribution in [0, 0.1) is 5.92 Å². The van der Waals surface area contributed by atoms with E-state index in [1.165, 1.54) is 0 Å². The van der Waals surface area contributed by atoms with Crippen LogP contribution in [0.25, 0.3) is 11.3 Å². The molecule has 6 nitrogen and oxygen atoms in total. The Morgan fingerprint density at radius 3 is 2.32 bits per heavy atom. The summed E-state index contributed by atoms with van der Waals surface area (Å²) in [6.07, 6.45) is 0. The highest BCUT2D eigenvalue weighted by Crippen LogP contribution is 2.33. The summed E-state index contributed by atoms with van der Waals surface area (Å²) in [5, 5.41) is 3.65. The van der Waals surface area contributed by atoms with Crippen molar-refractivity contribution < 1.29 is 4.79 Å². The van der Waals surface area contributed by atoms with E-state index in [1.54, 1.807) is 0 Å². The molecular formula is C22H33N5O. The number of amides is 1. The van der Waals surface area contributed by atoms with E-state index in [0.717, 1.165) is 41.7 Å². The molecule has 0 saturated heterocycles. The largest absolute Gasteiger partial charge is 0.378 e. The molecule has 1 amide bonds. The number of anilines is 2. The van der Waals surface area contributed by atoms with Crippen molar-refractivity contribution in [2.24, 2.45) is 5.92 Å². The second-order valence-corrected chi connectivity index (χ2v) is 9.11. The van der Waals surface area contributed by atoms with Crippen LogP contribution in [-0.4, -0.2) is 46.5 Å². The van der Waals surface area contributed by atoms with Gasteiger partial charge in [-0.25, -0.2) is 4.98 Å². The summed E-state index contributed by atoms with van der Waals surface area (Å²) >= 11 is 0. The molecule has 3 rings (SSSR count). The molecule has 1 aliphatic rings. The lowest BCUT2D eigenvalue weighted by Gasteiger charge is -2.31. The van der Waals surface area contributed by atoms with Gasteiger partial charge in [-0.2, -0.15) is 0 Å². The third kappa shape index (κ3) is 4.16. The minimum atomic E-state index is -0.0833. The molecule has 28 heavy (non-hydrogen) atoms. The number of fused-ring (bicyclic) bond motifs is 1. The molecule has 0 atom stereocenters. The minimum absolute atomic E-state index is 0.00623. The molecule has 1 aliphatic heterocycles. The van der Waals surface area contributed by atoms with Crippen molar-refractivity contribution in [1.29, 1.82) is 0 Å². The minimum Gasteiger partial charge on any atom is -0.378 e. The third-order valence-electron chi connectivity index (χ3n) is 4.93. The van der Waals surface area contributed by atoms with Gasteiger partial charge in [0.2, 0.25) is 5.91 Å². The van der Waals surface area contributed by atoms with E-state index in [9.17, 15) is 4.79 Å². The molecule has 0 spiro atoms. The standard InChI is InChI=1S/C22H33N5O/c1-15(2)21(28)26-12-13-27-18(14-26)23-19(20(27)24-22(3,4)5)16-8-10-17(11-9-16)25(6)7/h8-11,15,24H,12-14H2,1-7H3. The third-order valence-corrected chi connectivity index (χ3v) is 4.93. The fourth-order valence-corrected chi connectivity index (χ4v) is 3.49. The first-order valence-electron chi connectivity index (χ1n) is 10.0. The number of aromatic nitrogens is 2. The molecule has 1 aromatic heterocycles. The number of carbonyl (C=O) groups is 1. The van der Waals surface area contributed by atoms with Crippen LogP contribution < -0.4 is 10.2 Å². The Bertz CT molecular complexity index is 843. The Labute approximate surface area is 168 Å². The van der Waals surface area contributed by atoms with Gasteiger partial charge in [-0.05, 0) is 32.9 Å². The van der Waals surface area contributed by atoms with Crippen LogP contribution in [0.2, 0.25) is 0 Å². The van der Waals surface area contributed by atoms with Gasteiger partial charge in [-0.1, -0.05) is 26.0 Å². The zero-order valence-electron chi connectivity index (χ0n) is 18.2. The molecule has 1 aromatic carbocycles. The Morgan fingerprint density at radius 2 is 1.79 bits per heavy atom. The van der Waals surface area contributed by atoms with E-state index in [2.05, 4.69) is 59.8 Å². The van der Waals surface area contributed by atoms with Gasteiger partial charge >= 0.3 is 0 Å². The van der Waals surface area contributed by atoms with Crippen molar-refractivity contribution in [1.82, 2.24) is 14.5 Å². The smallest absolute Gasteiger partial charge is 0.225 e. The highest BCUT2D eigenvalue weighted by atomic mass is 16.2. The summed E-state index contributed by atoms with van der Waals surface area (Å²) in [5.41, 5.74) is 3.11. The fraction of sp³-hybridized carbons (Fsp3) is 0.545. The zero-order valence-corrected chi connectivity index (χ0v) is 18.2. The molecule has 0 fully saturated rings. The van der Waals surface area contributed by atoms with Gasteiger partial charge in [0.1, 0.15) is 17.3 Å². The van der Waals surface area contributed by atoms with Gasteiger partial charge in [0.05, 0.1) is 6.54 Å². The monoisotopic (exact) mass is 383 g/mol. The Hall–Kier alpha value is -2.50. The number of rotatable bonds is 4. The maximum atomic E-state index is 12.5. The highest BCUT2D eigenvalue weighted by molar-refractivity contribution is 5.79. The van der Waals surface area contributed by atoms with Gasteiger partial charge in [-0.3, -0.25) is 4.79 Å². The van der Waals surface area contributed by atoms with E-state index in [0.29, 0.717) is 6.54 Å². The van der Waals surface area contributed by atoms with Crippen molar-refractivity contribution in [3.8, 4) is 11.3 Å². The van der Waals surface area contributed by atoms with Crippen LogP contribution in [-0.2, 0) is 17.9 Å². The second kappa shape index (κ2) is 7.49. The highest BCUT2D eigenvalue weighted by Gasteiger charge is 2.29. The maximum absolute atomic E-state index is 12.5. The summed E-state index contributed by atoms with van der Waals surface area (Å²) < 4.78 is 2.24. The first kappa shape index (κ1) is 20.2. The number of imidazole rings is 1. The summed E-state index contributed by atoms with van der Waals surface area (Å²) in [6.45, 7) is 12.4. The fourth-order valence-electron chi connectivity index (χ4n) is 3.49. The van der Waals surface area contributed by atoms with Crippen LogP contribution >= 0.6 is 0 Å². The first-order valence-corrected chi connectivity index (χ1v) is 10.0. The molecule has 0 saturated carbocycles. The number of nitrogens with one attached hydrogen (secondary N) is 1. The van der Waals surface area contributed by atoms with Crippen LogP contribution in [0.3, 0.4) is 0 Å². The quantitative estimate of drug-likeness (QED) is 0.872. The van der Waals surface area contributed by atoms with Gasteiger partial charge in [0.25, 0.3) is 0 Å². The zero-order chi connectivity index (χ0) is 20.6. The van der Waals surface area contributed by atoms with Crippen molar-refractivity contribution in [2.75, 3.05) is 30.9 Å². The molecule has 0 aliphatic carbocycles. The Balaban J connectivity index is 2.01. The Kier molecular flexibility index (Phi) is 5.41. The predicted molar refractivity (Wildman–Crippen MR) is 116 cm³/mol. The summed E-state index contributed by atoms with van der Waals surface area (Å²) in [5.74, 6) is 2.18. The van der Waals surface area contributed by atoms with Crippen LogP contribution in [0.5, 0.6) is 0 Å². The molecule has 2 heterocycles. The molecular weight excluding hydrogens is 350 g/mol. The van der Waals surface area contributed by atoms with Crippen molar-refractivity contribution >= 4 is 17.4 Å². The van der Waals surface area contributed by atoms with E-state index in [-0.39, 0.29) is 17.4 Å². The van der Waals surface area contributed by atoms with E-state index >= 15 is 0 Å².